The maximum Gasteiger partial charge on any atom is 0.131 e. The highest BCUT2D eigenvalue weighted by Crippen LogP contribution is 2.38. The third-order valence-electron chi connectivity index (χ3n) is 3.93. The maximum atomic E-state index is 5.94. The largest absolute Gasteiger partial charge is 0.487 e. The minimum Gasteiger partial charge on any atom is -0.487 e. The van der Waals surface area contributed by atoms with Crippen molar-refractivity contribution in [2.75, 3.05) is 26.4 Å². The van der Waals surface area contributed by atoms with Gasteiger partial charge in [0, 0.05) is 11.5 Å². The van der Waals surface area contributed by atoms with Gasteiger partial charge in [0.05, 0.1) is 5.69 Å². The molecule has 2 heterocycles. The summed E-state index contributed by atoms with van der Waals surface area (Å²) in [5, 5.41) is 0. The molecule has 1 atom stereocenters. The van der Waals surface area contributed by atoms with E-state index in [1.54, 1.807) is 0 Å². The van der Waals surface area contributed by atoms with Crippen molar-refractivity contribution in [3.8, 4) is 5.75 Å². The number of aromatic nitrogens is 1. The van der Waals surface area contributed by atoms with E-state index in [1.165, 1.54) is 11.1 Å². The van der Waals surface area contributed by atoms with E-state index < -0.39 is 0 Å². The van der Waals surface area contributed by atoms with E-state index in [1.807, 2.05) is 18.2 Å². The lowest BCUT2D eigenvalue weighted by atomic mass is 9.87. The van der Waals surface area contributed by atoms with Gasteiger partial charge in [0.2, 0.25) is 0 Å². The Hall–Kier alpha value is -2.07. The van der Waals surface area contributed by atoms with Crippen LogP contribution >= 0.6 is 0 Å². The van der Waals surface area contributed by atoms with Crippen molar-refractivity contribution in [1.29, 1.82) is 0 Å². The fourth-order valence-electron chi connectivity index (χ4n) is 2.87. The Bertz CT molecular complexity index is 640. The van der Waals surface area contributed by atoms with Gasteiger partial charge in [0.25, 0.3) is 0 Å². The molecule has 4 nitrogen and oxygen atoms in total. The van der Waals surface area contributed by atoms with Gasteiger partial charge in [-0.15, -0.1) is 0 Å². The van der Waals surface area contributed by atoms with E-state index in [4.69, 9.17) is 10.5 Å². The molecule has 4 heteroatoms. The predicted octanol–water partition coefficient (Wildman–Crippen LogP) is 2.64. The lowest BCUT2D eigenvalue weighted by Crippen LogP contribution is -2.17. The highest BCUT2D eigenvalue weighted by Gasteiger charge is 2.25. The summed E-state index contributed by atoms with van der Waals surface area (Å²) in [7, 11) is 4.20. The second kappa shape index (κ2) is 5.74. The van der Waals surface area contributed by atoms with E-state index in [9.17, 15) is 0 Å². The summed E-state index contributed by atoms with van der Waals surface area (Å²) >= 11 is 0. The average Bonchev–Trinajstić information content (AvgIpc) is 2.62. The second-order valence-electron chi connectivity index (χ2n) is 5.74. The number of pyridine rings is 1. The van der Waals surface area contributed by atoms with Crippen LogP contribution in [0, 0.1) is 0 Å². The number of ether oxygens (including phenoxy) is 1. The molecule has 1 unspecified atom stereocenters. The van der Waals surface area contributed by atoms with Gasteiger partial charge >= 0.3 is 0 Å². The number of hydrogen-bond donors (Lipinski definition) is 1. The number of hydrogen-bond acceptors (Lipinski definition) is 4. The zero-order valence-corrected chi connectivity index (χ0v) is 12.5. The Morgan fingerprint density at radius 1 is 1.19 bits per heavy atom. The van der Waals surface area contributed by atoms with Gasteiger partial charge < -0.3 is 15.4 Å². The molecule has 2 N–H and O–H groups in total. The van der Waals surface area contributed by atoms with E-state index in [0.29, 0.717) is 18.3 Å². The molecule has 0 amide bonds. The van der Waals surface area contributed by atoms with Crippen molar-refractivity contribution < 1.29 is 4.74 Å². The molecule has 1 aromatic heterocycles. The van der Waals surface area contributed by atoms with Gasteiger partial charge in [-0.05, 0) is 44.8 Å². The molecule has 1 aliphatic heterocycles. The zero-order valence-electron chi connectivity index (χ0n) is 12.5. The van der Waals surface area contributed by atoms with Crippen LogP contribution < -0.4 is 10.5 Å². The van der Waals surface area contributed by atoms with Crippen molar-refractivity contribution in [3.63, 3.8) is 0 Å². The molecule has 3 rings (SSSR count). The summed E-state index contributed by atoms with van der Waals surface area (Å²) in [5.74, 6) is 1.81. The highest BCUT2D eigenvalue weighted by atomic mass is 16.5. The first kappa shape index (κ1) is 13.9. The van der Waals surface area contributed by atoms with Gasteiger partial charge in [-0.3, -0.25) is 0 Å². The molecule has 0 saturated carbocycles. The minimum absolute atomic E-state index is 0.300. The Balaban J connectivity index is 2.06. The molecule has 0 radical (unpaired) electrons. The standard InChI is InChI=1S/C17H21N3O/c1-20(2)10-9-12-13-7-8-17(18)19-15(13)11-21-16-6-4-3-5-14(12)16/h3-8,12H,9-11H2,1-2H3,(H2,18,19). The van der Waals surface area contributed by atoms with Crippen LogP contribution in [0.5, 0.6) is 5.75 Å². The number of para-hydroxylation sites is 1. The number of fused-ring (bicyclic) bond motifs is 2. The van der Waals surface area contributed by atoms with Crippen LogP contribution in [0.3, 0.4) is 0 Å². The van der Waals surface area contributed by atoms with Crippen molar-refractivity contribution in [1.82, 2.24) is 9.88 Å². The first-order chi connectivity index (χ1) is 10.1. The molecule has 0 fully saturated rings. The molecule has 1 aromatic carbocycles. The van der Waals surface area contributed by atoms with Crippen LogP contribution in [0.4, 0.5) is 5.82 Å². The topological polar surface area (TPSA) is 51.4 Å². The molecular weight excluding hydrogens is 262 g/mol. The number of nitrogens with two attached hydrogens (primary N) is 1. The zero-order chi connectivity index (χ0) is 14.8. The first-order valence-electron chi connectivity index (χ1n) is 7.27. The van der Waals surface area contributed by atoms with E-state index >= 15 is 0 Å². The van der Waals surface area contributed by atoms with E-state index in [-0.39, 0.29) is 0 Å². The lowest BCUT2D eigenvalue weighted by molar-refractivity contribution is 0.302. The fraction of sp³-hybridized carbons (Fsp3) is 0.353. The number of rotatable bonds is 3. The van der Waals surface area contributed by atoms with Gasteiger partial charge in [-0.1, -0.05) is 24.3 Å². The SMILES string of the molecule is CN(C)CCC1c2ccccc2OCc2nc(N)ccc21. The fourth-order valence-corrected chi connectivity index (χ4v) is 2.87. The smallest absolute Gasteiger partial charge is 0.131 e. The van der Waals surface area contributed by atoms with Crippen LogP contribution in [0.2, 0.25) is 0 Å². The molecule has 21 heavy (non-hydrogen) atoms. The van der Waals surface area contributed by atoms with Crippen LogP contribution in [0.25, 0.3) is 0 Å². The van der Waals surface area contributed by atoms with E-state index in [2.05, 4.69) is 42.2 Å². The summed E-state index contributed by atoms with van der Waals surface area (Å²) in [5.41, 5.74) is 9.26. The molecule has 110 valence electrons. The van der Waals surface area contributed by atoms with Gasteiger partial charge in [0.15, 0.2) is 0 Å². The first-order valence-corrected chi connectivity index (χ1v) is 7.27. The maximum absolute atomic E-state index is 5.94. The predicted molar refractivity (Wildman–Crippen MR) is 84.4 cm³/mol. The summed E-state index contributed by atoms with van der Waals surface area (Å²) in [6.07, 6.45) is 1.03. The van der Waals surface area contributed by atoms with Gasteiger partial charge in [-0.25, -0.2) is 4.98 Å². The van der Waals surface area contributed by atoms with Gasteiger partial charge in [0.1, 0.15) is 18.2 Å². The van der Waals surface area contributed by atoms with Crippen molar-refractivity contribution >= 4 is 5.82 Å². The summed E-state index contributed by atoms with van der Waals surface area (Å²) < 4.78 is 5.94. The van der Waals surface area contributed by atoms with Crippen LogP contribution in [0.15, 0.2) is 36.4 Å². The van der Waals surface area contributed by atoms with Crippen LogP contribution in [0.1, 0.15) is 29.2 Å². The minimum atomic E-state index is 0.300. The third-order valence-corrected chi connectivity index (χ3v) is 3.93. The average molecular weight is 283 g/mol. The molecule has 2 aromatic rings. The quantitative estimate of drug-likeness (QED) is 0.941. The molecule has 0 saturated heterocycles. The van der Waals surface area contributed by atoms with Crippen LogP contribution in [-0.4, -0.2) is 30.5 Å². The number of nitrogens with zero attached hydrogens (tertiary/aromatic N) is 2. The Labute approximate surface area is 125 Å². The number of anilines is 1. The molecular formula is C17H21N3O. The van der Waals surface area contributed by atoms with Crippen LogP contribution in [-0.2, 0) is 6.61 Å². The molecule has 1 aliphatic rings. The third kappa shape index (κ3) is 2.85. The summed E-state index contributed by atoms with van der Waals surface area (Å²) in [4.78, 5) is 6.68. The highest BCUT2D eigenvalue weighted by molar-refractivity contribution is 5.47. The summed E-state index contributed by atoms with van der Waals surface area (Å²) in [6.45, 7) is 1.50. The normalized spacial score (nSPS) is 16.8. The van der Waals surface area contributed by atoms with E-state index in [0.717, 1.165) is 24.4 Å². The van der Waals surface area contributed by atoms with Crippen molar-refractivity contribution in [2.45, 2.75) is 18.9 Å². The van der Waals surface area contributed by atoms with Crippen molar-refractivity contribution in [2.24, 2.45) is 0 Å². The Morgan fingerprint density at radius 2 is 2.00 bits per heavy atom. The monoisotopic (exact) mass is 283 g/mol. The summed E-state index contributed by atoms with van der Waals surface area (Å²) in [6, 6.07) is 12.3. The molecule has 0 aliphatic carbocycles. The lowest BCUT2D eigenvalue weighted by Gasteiger charge is -2.20. The Kier molecular flexibility index (Phi) is 3.80. The molecule has 0 spiro atoms. The van der Waals surface area contributed by atoms with Gasteiger partial charge in [-0.2, -0.15) is 0 Å². The number of nitrogen functional groups attached to an aromatic ring is 1. The van der Waals surface area contributed by atoms with Crippen molar-refractivity contribution in [3.05, 3.63) is 53.2 Å². The molecule has 0 bridgehead atoms. The number of benzene rings is 1. The Morgan fingerprint density at radius 3 is 2.81 bits per heavy atom. The second-order valence-corrected chi connectivity index (χ2v) is 5.74.